The van der Waals surface area contributed by atoms with Crippen LogP contribution < -0.4 is 5.32 Å². The number of halogens is 4. The van der Waals surface area contributed by atoms with Crippen LogP contribution in [0.15, 0.2) is 0 Å². The first kappa shape index (κ1) is 13.2. The first-order chi connectivity index (χ1) is 5.95. The van der Waals surface area contributed by atoms with Crippen molar-refractivity contribution in [3.05, 3.63) is 0 Å². The van der Waals surface area contributed by atoms with E-state index in [4.69, 9.17) is 0 Å². The molecule has 0 aliphatic heterocycles. The summed E-state index contributed by atoms with van der Waals surface area (Å²) in [6.07, 6.45) is -3.61. The van der Waals surface area contributed by atoms with E-state index in [0.29, 0.717) is 6.54 Å². The third-order valence-electron chi connectivity index (χ3n) is 1.67. The van der Waals surface area contributed by atoms with Gasteiger partial charge < -0.3 is 5.32 Å². The van der Waals surface area contributed by atoms with E-state index in [1.54, 1.807) is 0 Å². The van der Waals surface area contributed by atoms with Crippen LogP contribution in [0.5, 0.6) is 0 Å². The lowest BCUT2D eigenvalue weighted by Gasteiger charge is -2.12. The lowest BCUT2D eigenvalue weighted by Crippen LogP contribution is -2.28. The summed E-state index contributed by atoms with van der Waals surface area (Å²) in [5.41, 5.74) is 0. The second kappa shape index (κ2) is 6.65. The molecule has 5 heteroatoms. The Morgan fingerprint density at radius 2 is 2.00 bits per heavy atom. The maximum atomic E-state index is 11.7. The highest BCUT2D eigenvalue weighted by Gasteiger charge is 2.25. The lowest BCUT2D eigenvalue weighted by atomic mass is 10.2. The molecule has 13 heavy (non-hydrogen) atoms. The van der Waals surface area contributed by atoms with E-state index in [2.05, 4.69) is 21.2 Å². The van der Waals surface area contributed by atoms with Crippen molar-refractivity contribution >= 4 is 15.9 Å². The number of rotatable bonds is 6. The summed E-state index contributed by atoms with van der Waals surface area (Å²) in [7, 11) is 0. The first-order valence-electron chi connectivity index (χ1n) is 4.32. The summed E-state index contributed by atoms with van der Waals surface area (Å²) < 4.78 is 35.1. The molecular weight excluding hydrogens is 247 g/mol. The normalized spacial score (nSPS) is 14.5. The van der Waals surface area contributed by atoms with E-state index in [9.17, 15) is 13.2 Å². The second-order valence-corrected chi connectivity index (χ2v) is 3.84. The van der Waals surface area contributed by atoms with Crippen molar-refractivity contribution in [3.63, 3.8) is 0 Å². The predicted octanol–water partition coefficient (Wildman–Crippen LogP) is 3.09. The van der Waals surface area contributed by atoms with Gasteiger partial charge in [0.05, 0.1) is 0 Å². The Balaban J connectivity index is 3.25. The Hall–Kier alpha value is 0.230. The van der Waals surface area contributed by atoms with Crippen LogP contribution in [0.4, 0.5) is 13.2 Å². The number of nitrogens with one attached hydrogen (secondary N) is 1. The first-order valence-corrected chi connectivity index (χ1v) is 5.44. The number of hydrogen-bond donors (Lipinski definition) is 1. The van der Waals surface area contributed by atoms with Crippen LogP contribution in [-0.4, -0.2) is 24.1 Å². The van der Waals surface area contributed by atoms with Crippen LogP contribution in [-0.2, 0) is 0 Å². The fourth-order valence-electron chi connectivity index (χ4n) is 0.903. The molecule has 0 radical (unpaired) electrons. The summed E-state index contributed by atoms with van der Waals surface area (Å²) in [6, 6.07) is 0.285. The van der Waals surface area contributed by atoms with Crippen LogP contribution in [0.1, 0.15) is 26.2 Å². The topological polar surface area (TPSA) is 12.0 Å². The Kier molecular flexibility index (Phi) is 6.77. The van der Waals surface area contributed by atoms with Gasteiger partial charge in [-0.1, -0.05) is 15.9 Å². The van der Waals surface area contributed by atoms with Gasteiger partial charge in [-0.15, -0.1) is 0 Å². The Labute approximate surface area is 85.2 Å². The van der Waals surface area contributed by atoms with Crippen molar-refractivity contribution in [2.45, 2.75) is 38.4 Å². The molecule has 0 aromatic heterocycles. The van der Waals surface area contributed by atoms with E-state index in [0.717, 1.165) is 11.8 Å². The van der Waals surface area contributed by atoms with Gasteiger partial charge in [-0.25, -0.2) is 0 Å². The molecule has 0 amide bonds. The van der Waals surface area contributed by atoms with E-state index < -0.39 is 12.6 Å². The maximum Gasteiger partial charge on any atom is 0.389 e. The van der Waals surface area contributed by atoms with Crippen molar-refractivity contribution in [1.29, 1.82) is 0 Å². The van der Waals surface area contributed by atoms with Gasteiger partial charge >= 0.3 is 6.18 Å². The highest BCUT2D eigenvalue weighted by molar-refractivity contribution is 9.09. The van der Waals surface area contributed by atoms with Crippen molar-refractivity contribution < 1.29 is 13.2 Å². The third kappa shape index (κ3) is 10.1. The van der Waals surface area contributed by atoms with E-state index in [1.807, 2.05) is 6.92 Å². The van der Waals surface area contributed by atoms with Gasteiger partial charge in [-0.2, -0.15) is 13.2 Å². The predicted molar refractivity (Wildman–Crippen MR) is 51.2 cm³/mol. The fourth-order valence-corrected chi connectivity index (χ4v) is 1.59. The van der Waals surface area contributed by atoms with Crippen molar-refractivity contribution in [2.24, 2.45) is 0 Å². The smallest absolute Gasteiger partial charge is 0.314 e. The summed E-state index contributed by atoms with van der Waals surface area (Å²) >= 11 is 3.27. The van der Waals surface area contributed by atoms with Gasteiger partial charge in [0.25, 0.3) is 0 Å². The zero-order valence-electron chi connectivity index (χ0n) is 7.62. The molecule has 1 nitrogen and oxygen atoms in total. The second-order valence-electron chi connectivity index (χ2n) is 3.05. The average molecular weight is 262 g/mol. The van der Waals surface area contributed by atoms with Gasteiger partial charge in [-0.05, 0) is 26.3 Å². The van der Waals surface area contributed by atoms with Crippen LogP contribution in [0, 0.1) is 0 Å². The molecule has 1 N–H and O–H groups in total. The summed E-state index contributed by atoms with van der Waals surface area (Å²) in [4.78, 5) is 0. The zero-order valence-corrected chi connectivity index (χ0v) is 9.21. The van der Waals surface area contributed by atoms with Gasteiger partial charge in [0.1, 0.15) is 0 Å². The Morgan fingerprint density at radius 1 is 1.38 bits per heavy atom. The lowest BCUT2D eigenvalue weighted by molar-refractivity contribution is -0.135. The van der Waals surface area contributed by atoms with Crippen molar-refractivity contribution in [3.8, 4) is 0 Å². The Bertz CT molecular complexity index is 127. The third-order valence-corrected chi connectivity index (χ3v) is 2.13. The van der Waals surface area contributed by atoms with Crippen molar-refractivity contribution in [2.75, 3.05) is 11.9 Å². The molecule has 0 aromatic carbocycles. The molecule has 0 saturated carbocycles. The minimum atomic E-state index is -4.01. The van der Waals surface area contributed by atoms with E-state index in [-0.39, 0.29) is 12.5 Å². The minimum absolute atomic E-state index is 0.163. The highest BCUT2D eigenvalue weighted by atomic mass is 79.9. The van der Waals surface area contributed by atoms with E-state index in [1.165, 1.54) is 0 Å². The van der Waals surface area contributed by atoms with Crippen LogP contribution in [0.25, 0.3) is 0 Å². The summed E-state index contributed by atoms with van der Waals surface area (Å²) in [5, 5.41) is 3.90. The molecule has 0 spiro atoms. The van der Waals surface area contributed by atoms with Crippen LogP contribution >= 0.6 is 15.9 Å². The van der Waals surface area contributed by atoms with Gasteiger partial charge in [-0.3, -0.25) is 0 Å². The molecule has 0 aliphatic carbocycles. The largest absolute Gasteiger partial charge is 0.389 e. The standard InChI is InChI=1S/C8H15BrF3N/c1-7(3-5-9)13-6-2-4-8(10,11)12/h7,13H,2-6H2,1H3. The molecule has 80 valence electrons. The minimum Gasteiger partial charge on any atom is -0.314 e. The molecular formula is C8H15BrF3N. The number of alkyl halides is 4. The molecule has 0 aromatic rings. The molecule has 0 fully saturated rings. The average Bonchev–Trinajstić information content (AvgIpc) is 1.97. The van der Waals surface area contributed by atoms with Gasteiger partial charge in [0, 0.05) is 17.8 Å². The SMILES string of the molecule is CC(CCBr)NCCCC(F)(F)F. The summed E-state index contributed by atoms with van der Waals surface area (Å²) in [5.74, 6) is 0. The molecule has 0 saturated heterocycles. The van der Waals surface area contributed by atoms with Crippen LogP contribution in [0.3, 0.4) is 0 Å². The zero-order chi connectivity index (χ0) is 10.3. The van der Waals surface area contributed by atoms with Gasteiger partial charge in [0.2, 0.25) is 0 Å². The highest BCUT2D eigenvalue weighted by Crippen LogP contribution is 2.20. The molecule has 0 rings (SSSR count). The summed E-state index contributed by atoms with van der Waals surface area (Å²) in [6.45, 7) is 2.41. The van der Waals surface area contributed by atoms with E-state index >= 15 is 0 Å². The molecule has 1 unspecified atom stereocenters. The van der Waals surface area contributed by atoms with Crippen LogP contribution in [0.2, 0.25) is 0 Å². The molecule has 0 bridgehead atoms. The fraction of sp³-hybridized carbons (Fsp3) is 1.00. The molecule has 1 atom stereocenters. The van der Waals surface area contributed by atoms with Gasteiger partial charge in [0.15, 0.2) is 0 Å². The van der Waals surface area contributed by atoms with Crippen molar-refractivity contribution in [1.82, 2.24) is 5.32 Å². The molecule has 0 aliphatic rings. The number of hydrogen-bond acceptors (Lipinski definition) is 1. The maximum absolute atomic E-state index is 11.7. The molecule has 0 heterocycles. The monoisotopic (exact) mass is 261 g/mol. The quantitative estimate of drug-likeness (QED) is 0.573. The Morgan fingerprint density at radius 3 is 2.46 bits per heavy atom.